The fraction of sp³-hybridized carbons (Fsp3) is 0.421. The molecule has 0 saturated carbocycles. The van der Waals surface area contributed by atoms with Gasteiger partial charge in [0.2, 0.25) is 0 Å². The van der Waals surface area contributed by atoms with Gasteiger partial charge in [0, 0.05) is 12.6 Å². The number of methoxy groups -OCH3 is 2. The minimum absolute atomic E-state index is 0.0146. The van der Waals surface area contributed by atoms with Crippen molar-refractivity contribution in [2.75, 3.05) is 20.8 Å². The number of nitrogens with zero attached hydrogens (tertiary/aromatic N) is 1. The second-order valence-electron chi connectivity index (χ2n) is 6.08. The number of rotatable bonds is 8. The highest BCUT2D eigenvalue weighted by Gasteiger charge is 2.17. The molecule has 0 amide bonds. The van der Waals surface area contributed by atoms with E-state index in [-0.39, 0.29) is 30.8 Å². The molecule has 1 aromatic carbocycles. The lowest BCUT2D eigenvalue weighted by Gasteiger charge is -2.20. The Balaban J connectivity index is 2.36. The van der Waals surface area contributed by atoms with Gasteiger partial charge in [-0.15, -0.1) is 0 Å². The van der Waals surface area contributed by atoms with Gasteiger partial charge < -0.3 is 19.9 Å². The smallest absolute Gasteiger partial charge is 0.146 e. The fourth-order valence-electron chi connectivity index (χ4n) is 2.59. The van der Waals surface area contributed by atoms with E-state index in [2.05, 4.69) is 10.3 Å². The van der Waals surface area contributed by atoms with Gasteiger partial charge in [-0.25, -0.2) is 9.37 Å². The number of benzene rings is 1. The highest BCUT2D eigenvalue weighted by Crippen LogP contribution is 2.37. The van der Waals surface area contributed by atoms with Crippen LogP contribution in [0.3, 0.4) is 0 Å². The van der Waals surface area contributed by atoms with Gasteiger partial charge in [-0.3, -0.25) is 0 Å². The third-order valence-corrected chi connectivity index (χ3v) is 4.14. The van der Waals surface area contributed by atoms with Crippen molar-refractivity contribution >= 4 is 0 Å². The SMILES string of the molecule is COc1cccc(OC)c1-c1ccc(F)c(CN[C@@H](CO)C(C)C)n1. The van der Waals surface area contributed by atoms with Crippen LogP contribution >= 0.6 is 0 Å². The number of aliphatic hydroxyl groups is 1. The Morgan fingerprint density at radius 2 is 1.76 bits per heavy atom. The number of hydrogen-bond acceptors (Lipinski definition) is 5. The zero-order chi connectivity index (χ0) is 18.4. The van der Waals surface area contributed by atoms with Gasteiger partial charge in [-0.2, -0.15) is 0 Å². The summed E-state index contributed by atoms with van der Waals surface area (Å²) in [5.74, 6) is 1.04. The van der Waals surface area contributed by atoms with E-state index in [0.717, 1.165) is 0 Å². The van der Waals surface area contributed by atoms with E-state index in [0.29, 0.717) is 22.8 Å². The van der Waals surface area contributed by atoms with Crippen molar-refractivity contribution in [3.05, 3.63) is 41.8 Å². The molecule has 5 nitrogen and oxygen atoms in total. The lowest BCUT2D eigenvalue weighted by atomic mass is 10.1. The van der Waals surface area contributed by atoms with Crippen molar-refractivity contribution < 1.29 is 19.0 Å². The number of nitrogens with one attached hydrogen (secondary N) is 1. The molecule has 0 spiro atoms. The molecule has 2 rings (SSSR count). The first-order valence-corrected chi connectivity index (χ1v) is 8.22. The van der Waals surface area contributed by atoms with E-state index < -0.39 is 5.82 Å². The van der Waals surface area contributed by atoms with Crippen LogP contribution in [-0.2, 0) is 6.54 Å². The summed E-state index contributed by atoms with van der Waals surface area (Å²) in [6.45, 7) is 4.20. The molecule has 0 fully saturated rings. The number of aliphatic hydroxyl groups excluding tert-OH is 1. The maximum Gasteiger partial charge on any atom is 0.146 e. The third-order valence-electron chi connectivity index (χ3n) is 4.14. The summed E-state index contributed by atoms with van der Waals surface area (Å²) in [6.07, 6.45) is 0. The van der Waals surface area contributed by atoms with Crippen LogP contribution in [-0.4, -0.2) is 37.0 Å². The molecule has 1 atom stereocenters. The largest absolute Gasteiger partial charge is 0.496 e. The molecule has 1 heterocycles. The molecule has 0 bridgehead atoms. The molecule has 0 aliphatic heterocycles. The number of halogens is 1. The standard InChI is InChI=1S/C19H25FN2O3/c1-12(2)16(11-23)21-10-15-13(20)8-9-14(22-15)19-17(24-3)6-5-7-18(19)25-4/h5-9,12,16,21,23H,10-11H2,1-4H3/t16-/m0/s1. The highest BCUT2D eigenvalue weighted by molar-refractivity contribution is 5.74. The summed E-state index contributed by atoms with van der Waals surface area (Å²) in [4.78, 5) is 4.45. The van der Waals surface area contributed by atoms with Crippen molar-refractivity contribution in [2.45, 2.75) is 26.4 Å². The molecular weight excluding hydrogens is 323 g/mol. The molecular formula is C19H25FN2O3. The maximum atomic E-state index is 14.2. The second kappa shape index (κ2) is 8.78. The van der Waals surface area contributed by atoms with Crippen LogP contribution in [0.4, 0.5) is 4.39 Å². The van der Waals surface area contributed by atoms with Crippen molar-refractivity contribution in [3.8, 4) is 22.8 Å². The Hall–Kier alpha value is -2.18. The predicted molar refractivity (Wildman–Crippen MR) is 95.3 cm³/mol. The lowest BCUT2D eigenvalue weighted by molar-refractivity contribution is 0.209. The first-order valence-electron chi connectivity index (χ1n) is 8.22. The second-order valence-corrected chi connectivity index (χ2v) is 6.08. The van der Waals surface area contributed by atoms with Crippen LogP contribution in [0.2, 0.25) is 0 Å². The number of pyridine rings is 1. The normalized spacial score (nSPS) is 12.3. The van der Waals surface area contributed by atoms with E-state index in [9.17, 15) is 9.50 Å². The van der Waals surface area contributed by atoms with Crippen LogP contribution in [0.5, 0.6) is 11.5 Å². The Labute approximate surface area is 147 Å². The molecule has 25 heavy (non-hydrogen) atoms. The highest BCUT2D eigenvalue weighted by atomic mass is 19.1. The molecule has 0 aliphatic carbocycles. The van der Waals surface area contributed by atoms with Gasteiger partial charge in [0.25, 0.3) is 0 Å². The molecule has 1 aromatic heterocycles. The van der Waals surface area contributed by atoms with Gasteiger partial charge in [0.15, 0.2) is 0 Å². The summed E-state index contributed by atoms with van der Waals surface area (Å²) in [6, 6.07) is 8.30. The minimum atomic E-state index is -0.398. The zero-order valence-electron chi connectivity index (χ0n) is 15.0. The Morgan fingerprint density at radius 1 is 1.12 bits per heavy atom. The first-order chi connectivity index (χ1) is 12.0. The summed E-state index contributed by atoms with van der Waals surface area (Å²) < 4.78 is 25.0. The molecule has 6 heteroatoms. The van der Waals surface area contributed by atoms with Gasteiger partial charge in [0.05, 0.1) is 37.8 Å². The Bertz CT molecular complexity index is 685. The van der Waals surface area contributed by atoms with Crippen molar-refractivity contribution in [1.82, 2.24) is 10.3 Å². The molecule has 0 unspecified atom stereocenters. The lowest BCUT2D eigenvalue weighted by Crippen LogP contribution is -2.36. The number of aromatic nitrogens is 1. The predicted octanol–water partition coefficient (Wildman–Crippen LogP) is 3.01. The third kappa shape index (κ3) is 4.46. The average molecular weight is 348 g/mol. The quantitative estimate of drug-likeness (QED) is 0.768. The monoisotopic (exact) mass is 348 g/mol. The van der Waals surface area contributed by atoms with Crippen molar-refractivity contribution in [3.63, 3.8) is 0 Å². The molecule has 136 valence electrons. The Morgan fingerprint density at radius 3 is 2.28 bits per heavy atom. The van der Waals surface area contributed by atoms with Crippen LogP contribution in [0, 0.1) is 11.7 Å². The summed E-state index contributed by atoms with van der Waals surface area (Å²) in [5.41, 5.74) is 1.53. The zero-order valence-corrected chi connectivity index (χ0v) is 15.0. The van der Waals surface area contributed by atoms with E-state index in [1.807, 2.05) is 19.9 Å². The van der Waals surface area contributed by atoms with Gasteiger partial charge in [-0.1, -0.05) is 19.9 Å². The van der Waals surface area contributed by atoms with Gasteiger partial charge >= 0.3 is 0 Å². The number of ether oxygens (including phenoxy) is 2. The topological polar surface area (TPSA) is 63.6 Å². The van der Waals surface area contributed by atoms with Crippen LogP contribution in [0.15, 0.2) is 30.3 Å². The molecule has 0 aliphatic rings. The van der Waals surface area contributed by atoms with Crippen molar-refractivity contribution in [2.24, 2.45) is 5.92 Å². The van der Waals surface area contributed by atoms with Crippen LogP contribution in [0.25, 0.3) is 11.3 Å². The summed E-state index contributed by atoms with van der Waals surface area (Å²) in [7, 11) is 3.14. The molecule has 2 N–H and O–H groups in total. The Kier molecular flexibility index (Phi) is 6.73. The number of hydrogen-bond donors (Lipinski definition) is 2. The van der Waals surface area contributed by atoms with E-state index in [4.69, 9.17) is 9.47 Å². The van der Waals surface area contributed by atoms with E-state index in [1.54, 1.807) is 32.4 Å². The molecule has 0 radical (unpaired) electrons. The van der Waals surface area contributed by atoms with Crippen molar-refractivity contribution in [1.29, 1.82) is 0 Å². The first kappa shape index (κ1) is 19.1. The summed E-state index contributed by atoms with van der Waals surface area (Å²) >= 11 is 0. The van der Waals surface area contributed by atoms with Crippen LogP contribution < -0.4 is 14.8 Å². The van der Waals surface area contributed by atoms with E-state index in [1.165, 1.54) is 6.07 Å². The van der Waals surface area contributed by atoms with Crippen LogP contribution in [0.1, 0.15) is 19.5 Å². The van der Waals surface area contributed by atoms with Gasteiger partial charge in [0.1, 0.15) is 17.3 Å². The summed E-state index contributed by atoms with van der Waals surface area (Å²) in [5, 5.41) is 12.6. The minimum Gasteiger partial charge on any atom is -0.496 e. The average Bonchev–Trinajstić information content (AvgIpc) is 2.62. The van der Waals surface area contributed by atoms with E-state index >= 15 is 0 Å². The molecule has 2 aromatic rings. The van der Waals surface area contributed by atoms with Gasteiger partial charge in [-0.05, 0) is 30.2 Å². The maximum absolute atomic E-state index is 14.2. The fourth-order valence-corrected chi connectivity index (χ4v) is 2.59. The molecule has 0 saturated heterocycles.